The number of methoxy groups -OCH3 is 1. The SMILES string of the molecule is COc1nc(-c2nc(Nc3ccc(N4CCOCC4=O)cn3)ncc2F)cc2c1nc(C)n2C(C)CO. The van der Waals surface area contributed by atoms with E-state index in [1.54, 1.807) is 29.3 Å². The number of imidazole rings is 1. The van der Waals surface area contributed by atoms with Crippen LogP contribution in [0.25, 0.3) is 22.4 Å². The zero-order chi connectivity index (χ0) is 26.1. The van der Waals surface area contributed by atoms with E-state index in [9.17, 15) is 14.3 Å². The van der Waals surface area contributed by atoms with Crippen LogP contribution in [0.3, 0.4) is 0 Å². The number of aromatic nitrogens is 6. The lowest BCUT2D eigenvalue weighted by molar-refractivity contribution is -0.125. The maximum Gasteiger partial charge on any atom is 0.253 e. The summed E-state index contributed by atoms with van der Waals surface area (Å²) in [7, 11) is 1.46. The van der Waals surface area contributed by atoms with Crippen LogP contribution in [0.4, 0.5) is 21.8 Å². The van der Waals surface area contributed by atoms with Crippen LogP contribution in [0.5, 0.6) is 5.88 Å². The molecule has 4 aromatic heterocycles. The Labute approximate surface area is 211 Å². The maximum atomic E-state index is 14.9. The van der Waals surface area contributed by atoms with Gasteiger partial charge in [0.15, 0.2) is 11.3 Å². The Morgan fingerprint density at radius 3 is 2.78 bits per heavy atom. The number of hydrogen-bond donors (Lipinski definition) is 2. The number of aryl methyl sites for hydroxylation is 1. The van der Waals surface area contributed by atoms with Gasteiger partial charge in [0, 0.05) is 6.54 Å². The van der Waals surface area contributed by atoms with E-state index >= 15 is 0 Å². The fraction of sp³-hybridized carbons (Fsp3) is 0.333. The normalized spacial score (nSPS) is 14.7. The average molecular weight is 509 g/mol. The summed E-state index contributed by atoms with van der Waals surface area (Å²) in [5, 5.41) is 12.7. The van der Waals surface area contributed by atoms with Crippen molar-refractivity contribution in [2.45, 2.75) is 19.9 Å². The summed E-state index contributed by atoms with van der Waals surface area (Å²) in [5.74, 6) is 0.577. The van der Waals surface area contributed by atoms with Gasteiger partial charge >= 0.3 is 0 Å². The molecule has 1 atom stereocenters. The molecule has 1 aliphatic heterocycles. The number of nitrogens with zero attached hydrogens (tertiary/aromatic N) is 7. The lowest BCUT2D eigenvalue weighted by Gasteiger charge is -2.26. The van der Waals surface area contributed by atoms with Crippen molar-refractivity contribution in [1.82, 2.24) is 29.5 Å². The Balaban J connectivity index is 1.47. The minimum absolute atomic E-state index is 0.0378. The lowest BCUT2D eigenvalue weighted by atomic mass is 10.2. The van der Waals surface area contributed by atoms with Gasteiger partial charge in [0.2, 0.25) is 11.8 Å². The first-order chi connectivity index (χ1) is 17.9. The first kappa shape index (κ1) is 24.5. The van der Waals surface area contributed by atoms with Gasteiger partial charge in [0.05, 0.1) is 55.7 Å². The fourth-order valence-corrected chi connectivity index (χ4v) is 4.21. The number of ether oxygens (including phenoxy) is 2. The summed E-state index contributed by atoms with van der Waals surface area (Å²) in [5.41, 5.74) is 1.94. The third-order valence-electron chi connectivity index (χ3n) is 5.99. The molecule has 5 rings (SSSR count). The van der Waals surface area contributed by atoms with Crippen molar-refractivity contribution in [3.05, 3.63) is 42.2 Å². The zero-order valence-electron chi connectivity index (χ0n) is 20.5. The minimum Gasteiger partial charge on any atom is -0.479 e. The van der Waals surface area contributed by atoms with Crippen LogP contribution in [0.2, 0.25) is 0 Å². The highest BCUT2D eigenvalue weighted by atomic mass is 19.1. The van der Waals surface area contributed by atoms with Gasteiger partial charge in [-0.25, -0.2) is 29.3 Å². The molecule has 1 amide bonds. The number of anilines is 3. The summed E-state index contributed by atoms with van der Waals surface area (Å²) in [4.78, 5) is 35.3. The molecule has 0 aromatic carbocycles. The molecular formula is C24H25FN8O4. The number of fused-ring (bicyclic) bond motifs is 1. The van der Waals surface area contributed by atoms with E-state index in [4.69, 9.17) is 9.47 Å². The molecule has 1 unspecified atom stereocenters. The molecule has 4 aromatic rings. The van der Waals surface area contributed by atoms with Crippen LogP contribution < -0.4 is 15.0 Å². The molecule has 1 fully saturated rings. The Hall–Kier alpha value is -4.23. The molecule has 0 saturated carbocycles. The van der Waals surface area contributed by atoms with Crippen molar-refractivity contribution in [2.75, 3.05) is 43.7 Å². The molecule has 13 heteroatoms. The van der Waals surface area contributed by atoms with Gasteiger partial charge in [0.1, 0.15) is 23.9 Å². The zero-order valence-corrected chi connectivity index (χ0v) is 20.5. The van der Waals surface area contributed by atoms with Gasteiger partial charge in [-0.05, 0) is 32.0 Å². The van der Waals surface area contributed by atoms with Gasteiger partial charge in [-0.15, -0.1) is 0 Å². The Kier molecular flexibility index (Phi) is 6.63. The van der Waals surface area contributed by atoms with Gasteiger partial charge in [-0.3, -0.25) is 4.79 Å². The van der Waals surface area contributed by atoms with Gasteiger partial charge in [0.25, 0.3) is 5.91 Å². The number of carbonyl (C=O) groups is 1. The van der Waals surface area contributed by atoms with Crippen molar-refractivity contribution in [2.24, 2.45) is 0 Å². The quantitative estimate of drug-likeness (QED) is 0.382. The van der Waals surface area contributed by atoms with E-state index in [2.05, 4.69) is 30.2 Å². The van der Waals surface area contributed by atoms with Crippen LogP contribution in [0.15, 0.2) is 30.6 Å². The highest BCUT2D eigenvalue weighted by molar-refractivity contribution is 5.94. The van der Waals surface area contributed by atoms with Crippen LogP contribution in [0.1, 0.15) is 18.8 Å². The second-order valence-corrected chi connectivity index (χ2v) is 8.46. The van der Waals surface area contributed by atoms with Crippen molar-refractivity contribution in [3.8, 4) is 17.3 Å². The number of pyridine rings is 2. The summed E-state index contributed by atoms with van der Waals surface area (Å²) < 4.78 is 27.3. The van der Waals surface area contributed by atoms with Crippen molar-refractivity contribution >= 4 is 34.4 Å². The first-order valence-electron chi connectivity index (χ1n) is 11.6. The molecule has 192 valence electrons. The topological polar surface area (TPSA) is 140 Å². The fourth-order valence-electron chi connectivity index (χ4n) is 4.21. The Morgan fingerprint density at radius 2 is 2.08 bits per heavy atom. The molecular weight excluding hydrogens is 483 g/mol. The van der Waals surface area contributed by atoms with Gasteiger partial charge in [-0.1, -0.05) is 0 Å². The minimum atomic E-state index is -0.674. The smallest absolute Gasteiger partial charge is 0.253 e. The monoisotopic (exact) mass is 508 g/mol. The molecule has 0 radical (unpaired) electrons. The van der Waals surface area contributed by atoms with E-state index in [0.29, 0.717) is 41.5 Å². The molecule has 12 nitrogen and oxygen atoms in total. The van der Waals surface area contributed by atoms with E-state index in [1.165, 1.54) is 7.11 Å². The predicted octanol–water partition coefficient (Wildman–Crippen LogP) is 2.40. The second kappa shape index (κ2) is 10.0. The Morgan fingerprint density at radius 1 is 1.24 bits per heavy atom. The number of rotatable bonds is 7. The molecule has 0 bridgehead atoms. The summed E-state index contributed by atoms with van der Waals surface area (Å²) >= 11 is 0. The van der Waals surface area contributed by atoms with Crippen LogP contribution in [0, 0.1) is 12.7 Å². The van der Waals surface area contributed by atoms with Crippen molar-refractivity contribution in [3.63, 3.8) is 0 Å². The number of nitrogens with one attached hydrogen (secondary N) is 1. The van der Waals surface area contributed by atoms with E-state index < -0.39 is 5.82 Å². The number of halogens is 1. The van der Waals surface area contributed by atoms with Crippen molar-refractivity contribution in [1.29, 1.82) is 0 Å². The predicted molar refractivity (Wildman–Crippen MR) is 132 cm³/mol. The molecule has 0 spiro atoms. The number of carbonyl (C=O) groups excluding carboxylic acids is 1. The van der Waals surface area contributed by atoms with Gasteiger partial charge in [-0.2, -0.15) is 0 Å². The van der Waals surface area contributed by atoms with Crippen LogP contribution in [-0.4, -0.2) is 74.0 Å². The third kappa shape index (κ3) is 4.66. The lowest BCUT2D eigenvalue weighted by Crippen LogP contribution is -2.41. The highest BCUT2D eigenvalue weighted by Gasteiger charge is 2.22. The average Bonchev–Trinajstić information content (AvgIpc) is 3.25. The summed E-state index contributed by atoms with van der Waals surface area (Å²) in [6, 6.07) is 4.81. The van der Waals surface area contributed by atoms with Crippen LogP contribution >= 0.6 is 0 Å². The number of aliphatic hydroxyl groups is 1. The number of aliphatic hydroxyl groups excluding tert-OH is 1. The van der Waals surface area contributed by atoms with E-state index in [1.807, 2.05) is 18.4 Å². The standard InChI is InChI=1S/C24H25FN8O4/c1-13(11-34)33-14(2)28-22-18(33)8-17(29-23(22)36-3)21-16(25)10-27-24(31-21)30-19-5-4-15(9-26-19)32-6-7-37-12-20(32)35/h4-5,8-10,13,34H,6-7,11-12H2,1-3H3,(H,26,27,30,31). The summed E-state index contributed by atoms with van der Waals surface area (Å²) in [6.07, 6.45) is 2.60. The molecule has 1 saturated heterocycles. The number of morpholine rings is 1. The summed E-state index contributed by atoms with van der Waals surface area (Å²) in [6.45, 7) is 4.51. The second-order valence-electron chi connectivity index (χ2n) is 8.46. The Bertz CT molecular complexity index is 1460. The molecule has 37 heavy (non-hydrogen) atoms. The molecule has 5 heterocycles. The molecule has 2 N–H and O–H groups in total. The van der Waals surface area contributed by atoms with E-state index in [-0.39, 0.29) is 48.4 Å². The number of hydrogen-bond acceptors (Lipinski definition) is 10. The molecule has 1 aliphatic rings. The first-order valence-corrected chi connectivity index (χ1v) is 11.6. The van der Waals surface area contributed by atoms with E-state index in [0.717, 1.165) is 6.20 Å². The van der Waals surface area contributed by atoms with Gasteiger partial charge < -0.3 is 29.4 Å². The highest BCUT2D eigenvalue weighted by Crippen LogP contribution is 2.32. The maximum absolute atomic E-state index is 14.9. The largest absolute Gasteiger partial charge is 0.479 e. The molecule has 0 aliphatic carbocycles. The van der Waals surface area contributed by atoms with Crippen molar-refractivity contribution < 1.29 is 23.8 Å². The third-order valence-corrected chi connectivity index (χ3v) is 5.99. The number of amides is 1. The van der Waals surface area contributed by atoms with Crippen LogP contribution in [-0.2, 0) is 9.53 Å².